The van der Waals surface area contributed by atoms with Crippen LogP contribution in [0, 0.1) is 5.92 Å². The molecule has 116 valence electrons. The number of aliphatic carboxylic acids is 1. The highest BCUT2D eigenvalue weighted by Crippen LogP contribution is 2.37. The molecule has 2 aliphatic rings. The van der Waals surface area contributed by atoms with Crippen LogP contribution in [0.2, 0.25) is 0 Å². The van der Waals surface area contributed by atoms with Crippen LogP contribution in [0.4, 0.5) is 13.2 Å². The molecule has 1 aliphatic heterocycles. The van der Waals surface area contributed by atoms with E-state index in [-0.39, 0.29) is 0 Å². The van der Waals surface area contributed by atoms with E-state index in [1.165, 1.54) is 36.9 Å². The Kier molecular flexibility index (Phi) is 4.82. The Morgan fingerprint density at radius 3 is 2.76 bits per heavy atom. The lowest BCUT2D eigenvalue weighted by molar-refractivity contribution is -0.192. The normalized spacial score (nSPS) is 24.1. The molecule has 7 heteroatoms. The number of aromatic nitrogens is 1. The predicted molar refractivity (Wildman–Crippen MR) is 69.7 cm³/mol. The standard InChI is InChI=1S/C12H16N2.C2HF3O2/c1-3-9-5-6-10-4-2-8-14-12(10)11(9)13-7-1;3-2(4,5)1(6)7/h1,3,7,10,12,14H,2,4-6,8H2;(H,6,7). The first kappa shape index (κ1) is 15.8. The maximum Gasteiger partial charge on any atom is 0.490 e. The number of fused-ring (bicyclic) bond motifs is 3. The average molecular weight is 302 g/mol. The van der Waals surface area contributed by atoms with Crippen LogP contribution >= 0.6 is 0 Å². The molecule has 1 aromatic heterocycles. The summed E-state index contributed by atoms with van der Waals surface area (Å²) in [5, 5.41) is 10.7. The average Bonchev–Trinajstić information content (AvgIpc) is 2.47. The van der Waals surface area contributed by atoms with Crippen molar-refractivity contribution >= 4 is 5.97 Å². The molecule has 1 aliphatic carbocycles. The van der Waals surface area contributed by atoms with Gasteiger partial charge in [0.25, 0.3) is 0 Å². The van der Waals surface area contributed by atoms with Crippen LogP contribution in [0.5, 0.6) is 0 Å². The lowest BCUT2D eigenvalue weighted by Gasteiger charge is -2.36. The van der Waals surface area contributed by atoms with Gasteiger partial charge in [-0.25, -0.2) is 4.79 Å². The molecule has 4 nitrogen and oxygen atoms in total. The van der Waals surface area contributed by atoms with Crippen molar-refractivity contribution in [3.63, 3.8) is 0 Å². The number of carboxylic acid groups (broad SMARTS) is 1. The molecular weight excluding hydrogens is 285 g/mol. The molecule has 2 atom stereocenters. The summed E-state index contributed by atoms with van der Waals surface area (Å²) >= 11 is 0. The number of piperidine rings is 1. The fourth-order valence-corrected chi connectivity index (χ4v) is 2.87. The number of aryl methyl sites for hydroxylation is 1. The highest BCUT2D eigenvalue weighted by atomic mass is 19.4. The van der Waals surface area contributed by atoms with Crippen LogP contribution in [0.1, 0.15) is 36.6 Å². The molecule has 0 bridgehead atoms. The fraction of sp³-hybridized carbons (Fsp3) is 0.571. The minimum absolute atomic E-state index is 0.550. The number of nitrogens with one attached hydrogen (secondary N) is 1. The molecule has 3 rings (SSSR count). The number of hydrogen-bond acceptors (Lipinski definition) is 3. The van der Waals surface area contributed by atoms with Crippen LogP contribution in [0.3, 0.4) is 0 Å². The molecule has 0 radical (unpaired) electrons. The van der Waals surface area contributed by atoms with E-state index in [4.69, 9.17) is 9.90 Å². The second-order valence-electron chi connectivity index (χ2n) is 5.22. The first-order chi connectivity index (χ1) is 9.89. The summed E-state index contributed by atoms with van der Waals surface area (Å²) in [6.45, 7) is 1.16. The van der Waals surface area contributed by atoms with Gasteiger partial charge in [0.1, 0.15) is 0 Å². The van der Waals surface area contributed by atoms with Crippen molar-refractivity contribution in [2.45, 2.75) is 37.9 Å². The van der Waals surface area contributed by atoms with E-state index in [0.29, 0.717) is 6.04 Å². The smallest absolute Gasteiger partial charge is 0.475 e. The summed E-state index contributed by atoms with van der Waals surface area (Å²) in [7, 11) is 0. The summed E-state index contributed by atoms with van der Waals surface area (Å²) < 4.78 is 31.7. The van der Waals surface area contributed by atoms with Gasteiger partial charge in [-0.1, -0.05) is 6.07 Å². The van der Waals surface area contributed by atoms with E-state index in [2.05, 4.69) is 22.4 Å². The van der Waals surface area contributed by atoms with Gasteiger partial charge in [0.05, 0.1) is 11.7 Å². The number of halogens is 3. The Labute approximate surface area is 120 Å². The first-order valence-corrected chi connectivity index (χ1v) is 6.87. The van der Waals surface area contributed by atoms with E-state index in [1.54, 1.807) is 0 Å². The van der Waals surface area contributed by atoms with E-state index in [9.17, 15) is 13.2 Å². The molecule has 0 spiro atoms. The van der Waals surface area contributed by atoms with Crippen molar-refractivity contribution in [3.05, 3.63) is 29.6 Å². The number of pyridine rings is 1. The van der Waals surface area contributed by atoms with Gasteiger partial charge in [-0.3, -0.25) is 4.98 Å². The molecule has 2 heterocycles. The van der Waals surface area contributed by atoms with Gasteiger partial charge in [0, 0.05) is 6.20 Å². The topological polar surface area (TPSA) is 62.2 Å². The van der Waals surface area contributed by atoms with E-state index in [1.807, 2.05) is 6.20 Å². The highest BCUT2D eigenvalue weighted by molar-refractivity contribution is 5.73. The van der Waals surface area contributed by atoms with E-state index in [0.717, 1.165) is 12.5 Å². The zero-order valence-electron chi connectivity index (χ0n) is 11.4. The van der Waals surface area contributed by atoms with Gasteiger partial charge in [0.2, 0.25) is 0 Å². The third kappa shape index (κ3) is 3.93. The Bertz CT molecular complexity index is 505. The van der Waals surface area contributed by atoms with Gasteiger partial charge in [-0.05, 0) is 49.8 Å². The number of hydrogen-bond donors (Lipinski definition) is 2. The lowest BCUT2D eigenvalue weighted by atomic mass is 9.78. The first-order valence-electron chi connectivity index (χ1n) is 6.87. The van der Waals surface area contributed by atoms with Gasteiger partial charge in [0.15, 0.2) is 0 Å². The van der Waals surface area contributed by atoms with Crippen LogP contribution in [0.15, 0.2) is 18.3 Å². The largest absolute Gasteiger partial charge is 0.490 e. The number of carbonyl (C=O) groups is 1. The van der Waals surface area contributed by atoms with Crippen LogP contribution in [0.25, 0.3) is 0 Å². The second kappa shape index (κ2) is 6.43. The summed E-state index contributed by atoms with van der Waals surface area (Å²) in [6, 6.07) is 4.84. The molecule has 0 aromatic carbocycles. The number of nitrogens with zero attached hydrogens (tertiary/aromatic N) is 1. The summed E-state index contributed by atoms with van der Waals surface area (Å²) in [4.78, 5) is 13.4. The highest BCUT2D eigenvalue weighted by Gasteiger charge is 2.38. The third-order valence-electron chi connectivity index (χ3n) is 3.83. The zero-order valence-corrected chi connectivity index (χ0v) is 11.4. The monoisotopic (exact) mass is 302 g/mol. The SMILES string of the molecule is O=C(O)C(F)(F)F.c1cnc2c(c1)CCC1CCCNC21. The van der Waals surface area contributed by atoms with Crippen molar-refractivity contribution in [1.82, 2.24) is 10.3 Å². The molecule has 1 aromatic rings. The Balaban J connectivity index is 0.000000199. The Morgan fingerprint density at radius 1 is 1.38 bits per heavy atom. The van der Waals surface area contributed by atoms with Gasteiger partial charge in [-0.2, -0.15) is 13.2 Å². The van der Waals surface area contributed by atoms with Crippen molar-refractivity contribution < 1.29 is 23.1 Å². The molecule has 0 saturated carbocycles. The molecular formula is C14H17F3N2O2. The number of rotatable bonds is 0. The van der Waals surface area contributed by atoms with Gasteiger partial charge < -0.3 is 10.4 Å². The fourth-order valence-electron chi connectivity index (χ4n) is 2.87. The van der Waals surface area contributed by atoms with Crippen molar-refractivity contribution in [2.75, 3.05) is 6.54 Å². The summed E-state index contributed by atoms with van der Waals surface area (Å²) in [6.07, 6.45) is 2.14. The maximum atomic E-state index is 10.6. The van der Waals surface area contributed by atoms with Gasteiger partial charge >= 0.3 is 12.1 Å². The van der Waals surface area contributed by atoms with Crippen LogP contribution < -0.4 is 5.32 Å². The molecule has 2 unspecified atom stereocenters. The van der Waals surface area contributed by atoms with Gasteiger partial charge in [-0.15, -0.1) is 0 Å². The molecule has 1 saturated heterocycles. The van der Waals surface area contributed by atoms with Crippen molar-refractivity contribution in [2.24, 2.45) is 5.92 Å². The quantitative estimate of drug-likeness (QED) is 0.773. The molecule has 21 heavy (non-hydrogen) atoms. The number of alkyl halides is 3. The molecule has 2 N–H and O–H groups in total. The minimum atomic E-state index is -5.08. The van der Waals surface area contributed by atoms with E-state index < -0.39 is 12.1 Å². The summed E-state index contributed by atoms with van der Waals surface area (Å²) in [5.41, 5.74) is 2.78. The Morgan fingerprint density at radius 2 is 2.10 bits per heavy atom. The second-order valence-corrected chi connectivity index (χ2v) is 5.22. The van der Waals surface area contributed by atoms with E-state index >= 15 is 0 Å². The molecule has 0 amide bonds. The minimum Gasteiger partial charge on any atom is -0.475 e. The predicted octanol–water partition coefficient (Wildman–Crippen LogP) is 2.70. The Hall–Kier alpha value is -1.63. The van der Waals surface area contributed by atoms with Crippen LogP contribution in [-0.2, 0) is 11.2 Å². The maximum absolute atomic E-state index is 10.6. The third-order valence-corrected chi connectivity index (χ3v) is 3.83. The number of carboxylic acids is 1. The lowest BCUT2D eigenvalue weighted by Crippen LogP contribution is -2.37. The van der Waals surface area contributed by atoms with Crippen molar-refractivity contribution in [1.29, 1.82) is 0 Å². The van der Waals surface area contributed by atoms with Crippen molar-refractivity contribution in [3.8, 4) is 0 Å². The zero-order chi connectivity index (χ0) is 15.5. The molecule has 1 fully saturated rings. The summed E-state index contributed by atoms with van der Waals surface area (Å²) in [5.74, 6) is -1.92. The van der Waals surface area contributed by atoms with Crippen LogP contribution in [-0.4, -0.2) is 28.8 Å².